The first kappa shape index (κ1) is 31.1. The Kier molecular flexibility index (Phi) is 16.0. The number of unbranched alkanes of at least 4 members (excludes halogenated alkanes) is 15. The fraction of sp³-hybridized carbons (Fsp3) is 0.920. The van der Waals surface area contributed by atoms with E-state index in [1.165, 1.54) is 81.9 Å². The van der Waals surface area contributed by atoms with Crippen molar-refractivity contribution in [3.8, 4) is 0 Å². The molecule has 202 valence electrons. The van der Waals surface area contributed by atoms with Gasteiger partial charge in [0.15, 0.2) is 0 Å². The molecule has 0 aliphatic carbocycles. The minimum atomic E-state index is -5.65. The highest BCUT2D eigenvalue weighted by atomic mass is 32.2. The van der Waals surface area contributed by atoms with Crippen LogP contribution in [-0.2, 0) is 14.3 Å². The molecular weight excluding hydrogens is 465 g/mol. The van der Waals surface area contributed by atoms with E-state index in [-0.39, 0.29) is 0 Å². The van der Waals surface area contributed by atoms with Crippen LogP contribution in [-0.4, -0.2) is 43.2 Å². The highest BCUT2D eigenvalue weighted by Crippen LogP contribution is 2.29. The van der Waals surface area contributed by atoms with Crippen LogP contribution in [0.15, 0.2) is 12.4 Å². The molecule has 1 heterocycles. The first-order valence-electron chi connectivity index (χ1n) is 13.4. The largest absolute Gasteiger partial charge is 0.523 e. The number of rotatable bonds is 21. The van der Waals surface area contributed by atoms with Gasteiger partial charge in [0.05, 0.1) is 0 Å². The molecule has 0 aromatic heterocycles. The van der Waals surface area contributed by atoms with Crippen LogP contribution in [0.4, 0.5) is 13.2 Å². The van der Waals surface area contributed by atoms with Crippen LogP contribution in [0.25, 0.3) is 0 Å². The Labute approximate surface area is 206 Å². The summed E-state index contributed by atoms with van der Waals surface area (Å²) in [6.45, 7) is 5.01. The van der Waals surface area contributed by atoms with Crippen molar-refractivity contribution in [2.45, 2.75) is 135 Å². The lowest BCUT2D eigenvalue weighted by Gasteiger charge is -2.31. The van der Waals surface area contributed by atoms with Gasteiger partial charge in [0.2, 0.25) is 6.35 Å². The molecule has 0 amide bonds. The molecule has 5 nitrogen and oxygen atoms in total. The van der Waals surface area contributed by atoms with E-state index in [1.807, 2.05) is 6.92 Å². The third kappa shape index (κ3) is 12.7. The molecule has 34 heavy (non-hydrogen) atoms. The van der Waals surface area contributed by atoms with Crippen LogP contribution in [0.1, 0.15) is 123 Å². The second kappa shape index (κ2) is 17.5. The Morgan fingerprint density at radius 2 is 1.03 bits per heavy atom. The van der Waals surface area contributed by atoms with Gasteiger partial charge in [-0.3, -0.25) is 0 Å². The highest BCUT2D eigenvalue weighted by Gasteiger charge is 2.50. The second-order valence-corrected chi connectivity index (χ2v) is 11.0. The van der Waals surface area contributed by atoms with Crippen molar-refractivity contribution in [1.82, 2.24) is 9.80 Å². The molecule has 1 unspecified atom stereocenters. The van der Waals surface area contributed by atoms with Gasteiger partial charge in [0.25, 0.3) is 0 Å². The Morgan fingerprint density at radius 3 is 1.41 bits per heavy atom. The molecule has 0 bridgehead atoms. The van der Waals surface area contributed by atoms with Gasteiger partial charge >= 0.3 is 15.6 Å². The van der Waals surface area contributed by atoms with Gasteiger partial charge in [-0.1, -0.05) is 110 Å². The summed E-state index contributed by atoms with van der Waals surface area (Å²) in [6, 6.07) is 0. The zero-order chi connectivity index (χ0) is 25.3. The van der Waals surface area contributed by atoms with E-state index in [0.717, 1.165) is 25.7 Å². The molecular formula is C25H47F3N2O3S. The number of hydrogen-bond acceptors (Lipinski definition) is 5. The lowest BCUT2D eigenvalue weighted by molar-refractivity contribution is -0.0801. The van der Waals surface area contributed by atoms with E-state index in [2.05, 4.69) is 11.1 Å². The van der Waals surface area contributed by atoms with Crippen molar-refractivity contribution < 1.29 is 25.8 Å². The van der Waals surface area contributed by atoms with E-state index < -0.39 is 22.0 Å². The van der Waals surface area contributed by atoms with Crippen LogP contribution in [0.2, 0.25) is 0 Å². The first-order chi connectivity index (χ1) is 16.2. The Balaban J connectivity index is 2.11. The first-order valence-corrected chi connectivity index (χ1v) is 14.8. The molecule has 1 aliphatic rings. The summed E-state index contributed by atoms with van der Waals surface area (Å²) in [4.78, 5) is 3.04. The predicted molar refractivity (Wildman–Crippen MR) is 132 cm³/mol. The number of nitrogens with zero attached hydrogens (tertiary/aromatic N) is 2. The summed E-state index contributed by atoms with van der Waals surface area (Å²) < 4.78 is 65.9. The van der Waals surface area contributed by atoms with E-state index in [1.54, 1.807) is 17.3 Å². The molecule has 0 spiro atoms. The molecule has 1 aliphatic heterocycles. The lowest BCUT2D eigenvalue weighted by Crippen LogP contribution is -2.45. The minimum Gasteiger partial charge on any atom is -0.333 e. The molecule has 9 heteroatoms. The van der Waals surface area contributed by atoms with Gasteiger partial charge in [-0.2, -0.15) is 21.6 Å². The monoisotopic (exact) mass is 512 g/mol. The molecule has 0 radical (unpaired) electrons. The standard InChI is InChI=1S/C25H47F3N2O3S/c1-3-5-6-7-8-9-10-11-12-13-14-15-16-17-18-19-21-30-23-22-29(20-4-2)24(30)33-34(31,32)25(26,27)28/h22-24H,3-21H2,1-2H3. The van der Waals surface area contributed by atoms with E-state index in [9.17, 15) is 21.6 Å². The van der Waals surface area contributed by atoms with Crippen LogP contribution >= 0.6 is 0 Å². The van der Waals surface area contributed by atoms with Crippen molar-refractivity contribution in [3.63, 3.8) is 0 Å². The Hall–Kier alpha value is -0.960. The molecule has 0 aromatic carbocycles. The predicted octanol–water partition coefficient (Wildman–Crippen LogP) is 7.90. The maximum atomic E-state index is 12.8. The summed E-state index contributed by atoms with van der Waals surface area (Å²) >= 11 is 0. The van der Waals surface area contributed by atoms with Gasteiger partial charge in [-0.15, -0.1) is 0 Å². The zero-order valence-electron chi connectivity index (χ0n) is 21.3. The van der Waals surface area contributed by atoms with Crippen LogP contribution in [0, 0.1) is 0 Å². The van der Waals surface area contributed by atoms with Gasteiger partial charge in [0.1, 0.15) is 0 Å². The van der Waals surface area contributed by atoms with Crippen molar-refractivity contribution >= 4 is 10.1 Å². The van der Waals surface area contributed by atoms with Gasteiger partial charge < -0.3 is 9.80 Å². The third-order valence-electron chi connectivity index (χ3n) is 6.26. The van der Waals surface area contributed by atoms with E-state index >= 15 is 0 Å². The SMILES string of the molecule is CCCCCCCCCCCCCCCCCCN1C=CN(CCC)C1OS(=O)(=O)C(F)(F)F. The number of halogens is 3. The highest BCUT2D eigenvalue weighted by molar-refractivity contribution is 7.87. The molecule has 0 aromatic rings. The quantitative estimate of drug-likeness (QED) is 0.0889. The average Bonchev–Trinajstić information content (AvgIpc) is 3.13. The lowest BCUT2D eigenvalue weighted by atomic mass is 10.0. The molecule has 0 saturated heterocycles. The van der Waals surface area contributed by atoms with Gasteiger partial charge in [0, 0.05) is 25.5 Å². The maximum absolute atomic E-state index is 12.8. The van der Waals surface area contributed by atoms with E-state index in [4.69, 9.17) is 0 Å². The van der Waals surface area contributed by atoms with Crippen molar-refractivity contribution in [2.75, 3.05) is 13.1 Å². The summed E-state index contributed by atoms with van der Waals surface area (Å²) in [5, 5.41) is 0. The van der Waals surface area contributed by atoms with Crippen LogP contribution < -0.4 is 0 Å². The summed E-state index contributed by atoms with van der Waals surface area (Å²) in [5.74, 6) is 0. The van der Waals surface area contributed by atoms with Gasteiger partial charge in [-0.05, 0) is 12.8 Å². The minimum absolute atomic E-state index is 0.421. The Bertz CT molecular complexity index is 642. The van der Waals surface area contributed by atoms with Crippen LogP contribution in [0.3, 0.4) is 0 Å². The fourth-order valence-electron chi connectivity index (χ4n) is 4.26. The van der Waals surface area contributed by atoms with Crippen molar-refractivity contribution in [3.05, 3.63) is 12.4 Å². The number of alkyl halides is 3. The summed E-state index contributed by atoms with van der Waals surface area (Å²) in [6.07, 6.45) is 22.7. The van der Waals surface area contributed by atoms with Crippen molar-refractivity contribution in [2.24, 2.45) is 0 Å². The summed E-state index contributed by atoms with van der Waals surface area (Å²) in [5.41, 5.74) is -5.42. The van der Waals surface area contributed by atoms with E-state index in [0.29, 0.717) is 19.5 Å². The molecule has 1 atom stereocenters. The van der Waals surface area contributed by atoms with Gasteiger partial charge in [-0.25, -0.2) is 4.18 Å². The topological polar surface area (TPSA) is 49.9 Å². The molecule has 0 N–H and O–H groups in total. The molecule has 0 fully saturated rings. The average molecular weight is 513 g/mol. The Morgan fingerprint density at radius 1 is 0.647 bits per heavy atom. The number of hydrogen-bond donors (Lipinski definition) is 0. The normalized spacial score (nSPS) is 16.7. The fourth-order valence-corrected chi connectivity index (χ4v) is 4.81. The third-order valence-corrected chi connectivity index (χ3v) is 7.26. The summed E-state index contributed by atoms with van der Waals surface area (Å²) in [7, 11) is -5.65. The smallest absolute Gasteiger partial charge is 0.333 e. The van der Waals surface area contributed by atoms with Crippen molar-refractivity contribution in [1.29, 1.82) is 0 Å². The second-order valence-electron chi connectivity index (χ2n) is 9.40. The molecule has 0 saturated carbocycles. The van der Waals surface area contributed by atoms with Crippen LogP contribution in [0.5, 0.6) is 0 Å². The maximum Gasteiger partial charge on any atom is 0.523 e. The zero-order valence-corrected chi connectivity index (χ0v) is 22.1. The molecule has 1 rings (SSSR count).